The van der Waals surface area contributed by atoms with E-state index in [0.717, 1.165) is 38.9 Å². The van der Waals surface area contributed by atoms with Crippen molar-refractivity contribution >= 4 is 6.03 Å². The number of hydrogen-bond donors (Lipinski definition) is 1. The molecule has 2 atom stereocenters. The summed E-state index contributed by atoms with van der Waals surface area (Å²) < 4.78 is 10.7. The number of aromatic nitrogens is 1. The Morgan fingerprint density at radius 3 is 2.65 bits per heavy atom. The monoisotopic (exact) mass is 362 g/mol. The smallest absolute Gasteiger partial charge is 0.317 e. The zero-order chi connectivity index (χ0) is 18.4. The van der Waals surface area contributed by atoms with Gasteiger partial charge in [-0.3, -0.25) is 9.88 Å². The summed E-state index contributed by atoms with van der Waals surface area (Å²) in [4.78, 5) is 20.8. The van der Waals surface area contributed by atoms with Crippen LogP contribution in [0.3, 0.4) is 0 Å². The van der Waals surface area contributed by atoms with Crippen molar-refractivity contribution in [1.29, 1.82) is 0 Å². The number of carbonyl (C=O) groups excluding carboxylic acids is 1. The number of methoxy groups -OCH3 is 2. The highest BCUT2D eigenvalue weighted by molar-refractivity contribution is 5.74. The Morgan fingerprint density at radius 1 is 1.27 bits per heavy atom. The average molecular weight is 362 g/mol. The first kappa shape index (κ1) is 19.1. The summed E-state index contributed by atoms with van der Waals surface area (Å²) in [5.74, 6) is 0. The standard InChI is InChI=1S/C19H30N4O3/c1-25-13-3-8-21-19(24)22-11-6-16(7-12-22)23-14-17(26-2)18(23)15-4-9-20-10-5-15/h4-5,9-10,16-18H,3,6-8,11-14H2,1-2H3,(H,21,24). The molecule has 0 saturated carbocycles. The fourth-order valence-corrected chi connectivity index (χ4v) is 3.97. The van der Waals surface area contributed by atoms with Crippen molar-refractivity contribution in [3.05, 3.63) is 30.1 Å². The Hall–Kier alpha value is -1.70. The number of piperidine rings is 1. The van der Waals surface area contributed by atoms with Crippen LogP contribution in [0.25, 0.3) is 0 Å². The number of pyridine rings is 1. The Labute approximate surface area is 155 Å². The molecule has 0 radical (unpaired) electrons. The lowest BCUT2D eigenvalue weighted by atomic mass is 9.87. The van der Waals surface area contributed by atoms with E-state index in [-0.39, 0.29) is 12.1 Å². The largest absolute Gasteiger partial charge is 0.385 e. The number of hydrogen-bond acceptors (Lipinski definition) is 5. The maximum absolute atomic E-state index is 12.2. The lowest BCUT2D eigenvalue weighted by molar-refractivity contribution is -0.115. The molecule has 0 aliphatic carbocycles. The molecule has 2 aliphatic rings. The minimum Gasteiger partial charge on any atom is -0.385 e. The second-order valence-electron chi connectivity index (χ2n) is 6.99. The van der Waals surface area contributed by atoms with E-state index >= 15 is 0 Å². The quantitative estimate of drug-likeness (QED) is 0.748. The lowest BCUT2D eigenvalue weighted by Crippen LogP contribution is -2.60. The van der Waals surface area contributed by atoms with Gasteiger partial charge >= 0.3 is 6.03 Å². The van der Waals surface area contributed by atoms with Crippen LogP contribution in [-0.4, -0.2) is 80.0 Å². The van der Waals surface area contributed by atoms with E-state index in [1.165, 1.54) is 5.56 Å². The molecule has 3 rings (SSSR count). The molecule has 2 saturated heterocycles. The topological polar surface area (TPSA) is 66.9 Å². The predicted octanol–water partition coefficient (Wildman–Crippen LogP) is 1.66. The molecule has 7 heteroatoms. The van der Waals surface area contributed by atoms with E-state index in [0.29, 0.717) is 25.2 Å². The first-order chi connectivity index (χ1) is 12.7. The number of ether oxygens (including phenoxy) is 2. The second kappa shape index (κ2) is 9.30. The third-order valence-corrected chi connectivity index (χ3v) is 5.47. The van der Waals surface area contributed by atoms with Gasteiger partial charge in [-0.25, -0.2) is 4.79 Å². The van der Waals surface area contributed by atoms with E-state index in [9.17, 15) is 4.79 Å². The number of likely N-dealkylation sites (tertiary alicyclic amines) is 2. The van der Waals surface area contributed by atoms with Gasteiger partial charge < -0.3 is 19.7 Å². The molecular weight excluding hydrogens is 332 g/mol. The Kier molecular flexibility index (Phi) is 6.82. The molecule has 1 aromatic heterocycles. The SMILES string of the molecule is COCCCNC(=O)N1CCC(N2CC(OC)C2c2ccncc2)CC1. The predicted molar refractivity (Wildman–Crippen MR) is 99.0 cm³/mol. The van der Waals surface area contributed by atoms with E-state index < -0.39 is 0 Å². The van der Waals surface area contributed by atoms with Crippen molar-refractivity contribution in [3.8, 4) is 0 Å². The molecule has 2 fully saturated rings. The summed E-state index contributed by atoms with van der Waals surface area (Å²) in [6.45, 7) is 3.90. The van der Waals surface area contributed by atoms with Crippen molar-refractivity contribution in [1.82, 2.24) is 20.1 Å². The fraction of sp³-hybridized carbons (Fsp3) is 0.684. The number of nitrogens with one attached hydrogen (secondary N) is 1. The zero-order valence-electron chi connectivity index (χ0n) is 15.8. The summed E-state index contributed by atoms with van der Waals surface area (Å²) in [6, 6.07) is 4.99. The highest BCUT2D eigenvalue weighted by Gasteiger charge is 2.44. The number of rotatable bonds is 7. The number of carbonyl (C=O) groups is 1. The highest BCUT2D eigenvalue weighted by atomic mass is 16.5. The summed E-state index contributed by atoms with van der Waals surface area (Å²) in [6.07, 6.45) is 6.77. The number of nitrogens with zero attached hydrogens (tertiary/aromatic N) is 3. The molecule has 3 heterocycles. The average Bonchev–Trinajstić information content (AvgIpc) is 2.66. The van der Waals surface area contributed by atoms with Crippen LogP contribution in [-0.2, 0) is 9.47 Å². The Morgan fingerprint density at radius 2 is 2.00 bits per heavy atom. The molecule has 2 unspecified atom stereocenters. The van der Waals surface area contributed by atoms with Crippen LogP contribution in [0.15, 0.2) is 24.5 Å². The lowest BCUT2D eigenvalue weighted by Gasteiger charge is -2.53. The van der Waals surface area contributed by atoms with Crippen molar-refractivity contribution in [2.45, 2.75) is 37.5 Å². The van der Waals surface area contributed by atoms with Crippen LogP contribution in [0.1, 0.15) is 30.9 Å². The minimum atomic E-state index is 0.0450. The second-order valence-corrected chi connectivity index (χ2v) is 6.99. The first-order valence-electron chi connectivity index (χ1n) is 9.44. The van der Waals surface area contributed by atoms with Gasteiger partial charge in [0.25, 0.3) is 0 Å². The molecule has 26 heavy (non-hydrogen) atoms. The minimum absolute atomic E-state index is 0.0450. The maximum atomic E-state index is 12.2. The van der Waals surface area contributed by atoms with E-state index in [2.05, 4.69) is 27.3 Å². The number of urea groups is 1. The molecular formula is C19H30N4O3. The van der Waals surface area contributed by atoms with Gasteiger partial charge in [0.2, 0.25) is 0 Å². The molecule has 2 aliphatic heterocycles. The summed E-state index contributed by atoms with van der Waals surface area (Å²) >= 11 is 0. The Bertz CT molecular complexity index is 563. The third kappa shape index (κ3) is 4.34. The number of amides is 2. The van der Waals surface area contributed by atoms with Crippen molar-refractivity contribution in [2.24, 2.45) is 0 Å². The van der Waals surface area contributed by atoms with Crippen molar-refractivity contribution in [3.63, 3.8) is 0 Å². The van der Waals surface area contributed by atoms with Gasteiger partial charge in [-0.2, -0.15) is 0 Å². The van der Waals surface area contributed by atoms with E-state index in [4.69, 9.17) is 9.47 Å². The molecule has 0 bridgehead atoms. The van der Waals surface area contributed by atoms with Gasteiger partial charge in [0.1, 0.15) is 0 Å². The normalized spacial score (nSPS) is 24.3. The summed E-state index contributed by atoms with van der Waals surface area (Å²) in [7, 11) is 3.46. The van der Waals surface area contributed by atoms with E-state index in [1.54, 1.807) is 14.2 Å². The van der Waals surface area contributed by atoms with Crippen LogP contribution in [0.2, 0.25) is 0 Å². The summed E-state index contributed by atoms with van der Waals surface area (Å²) in [5, 5.41) is 2.98. The third-order valence-electron chi connectivity index (χ3n) is 5.47. The van der Waals surface area contributed by atoms with Gasteiger partial charge in [-0.05, 0) is 37.0 Å². The molecule has 7 nitrogen and oxygen atoms in total. The molecule has 1 aromatic rings. The van der Waals surface area contributed by atoms with Crippen LogP contribution in [0.4, 0.5) is 4.79 Å². The van der Waals surface area contributed by atoms with Crippen LogP contribution in [0.5, 0.6) is 0 Å². The van der Waals surface area contributed by atoms with Gasteiger partial charge in [0, 0.05) is 65.4 Å². The molecule has 0 aromatic carbocycles. The first-order valence-corrected chi connectivity index (χ1v) is 9.44. The van der Waals surface area contributed by atoms with Gasteiger partial charge in [0.15, 0.2) is 0 Å². The van der Waals surface area contributed by atoms with Crippen molar-refractivity contribution < 1.29 is 14.3 Å². The highest BCUT2D eigenvalue weighted by Crippen LogP contribution is 2.39. The van der Waals surface area contributed by atoms with Crippen molar-refractivity contribution in [2.75, 3.05) is 47.0 Å². The summed E-state index contributed by atoms with van der Waals surface area (Å²) in [5.41, 5.74) is 1.26. The molecule has 1 N–H and O–H groups in total. The van der Waals surface area contributed by atoms with Crippen LogP contribution < -0.4 is 5.32 Å². The maximum Gasteiger partial charge on any atom is 0.317 e. The molecule has 0 spiro atoms. The van der Waals surface area contributed by atoms with Crippen LogP contribution in [0, 0.1) is 0 Å². The van der Waals surface area contributed by atoms with Gasteiger partial charge in [0.05, 0.1) is 12.1 Å². The Balaban J connectivity index is 1.49. The molecule has 2 amide bonds. The van der Waals surface area contributed by atoms with E-state index in [1.807, 2.05) is 17.3 Å². The van der Waals surface area contributed by atoms with Gasteiger partial charge in [-0.1, -0.05) is 0 Å². The zero-order valence-corrected chi connectivity index (χ0v) is 15.8. The van der Waals surface area contributed by atoms with Gasteiger partial charge in [-0.15, -0.1) is 0 Å². The molecule has 144 valence electrons. The van der Waals surface area contributed by atoms with Crippen LogP contribution >= 0.6 is 0 Å². The fourth-order valence-electron chi connectivity index (χ4n) is 3.97.